The Labute approximate surface area is 218 Å². The predicted molar refractivity (Wildman–Crippen MR) is 144 cm³/mol. The SMILES string of the molecule is CCC1C(=O)N(C)c2cnc(Nc3ccc(C(=O)NC4CCN(C)CC4)cc3O)nc2N1C1CCCC1. The molecule has 1 aliphatic carbocycles. The van der Waals surface area contributed by atoms with Gasteiger partial charge in [-0.15, -0.1) is 0 Å². The topological polar surface area (TPSA) is 114 Å². The molecule has 2 aliphatic heterocycles. The number of piperidine rings is 1. The first-order valence-electron chi connectivity index (χ1n) is 13.4. The zero-order valence-corrected chi connectivity index (χ0v) is 21.9. The number of carbonyl (C=O) groups is 2. The molecule has 2 fully saturated rings. The molecule has 10 nitrogen and oxygen atoms in total. The highest BCUT2D eigenvalue weighted by Crippen LogP contribution is 2.40. The fourth-order valence-electron chi connectivity index (χ4n) is 5.76. The lowest BCUT2D eigenvalue weighted by Gasteiger charge is -2.43. The smallest absolute Gasteiger partial charge is 0.251 e. The number of likely N-dealkylation sites (tertiary alicyclic amines) is 1. The number of benzene rings is 1. The van der Waals surface area contributed by atoms with Gasteiger partial charge in [-0.25, -0.2) is 4.98 Å². The van der Waals surface area contributed by atoms with Crippen molar-refractivity contribution in [1.29, 1.82) is 0 Å². The van der Waals surface area contributed by atoms with Gasteiger partial charge in [0, 0.05) is 24.7 Å². The van der Waals surface area contributed by atoms with Gasteiger partial charge in [-0.3, -0.25) is 9.59 Å². The van der Waals surface area contributed by atoms with Crippen molar-refractivity contribution in [3.63, 3.8) is 0 Å². The molecule has 5 rings (SSSR count). The monoisotopic (exact) mass is 507 g/mol. The van der Waals surface area contributed by atoms with Crippen molar-refractivity contribution in [3.05, 3.63) is 30.0 Å². The van der Waals surface area contributed by atoms with E-state index in [2.05, 4.69) is 32.5 Å². The highest BCUT2D eigenvalue weighted by Gasteiger charge is 2.41. The summed E-state index contributed by atoms with van der Waals surface area (Å²) in [4.78, 5) is 41.1. The van der Waals surface area contributed by atoms with Crippen molar-refractivity contribution in [2.75, 3.05) is 42.3 Å². The van der Waals surface area contributed by atoms with Gasteiger partial charge in [-0.2, -0.15) is 4.98 Å². The van der Waals surface area contributed by atoms with Crippen LogP contribution in [0.4, 0.5) is 23.1 Å². The van der Waals surface area contributed by atoms with Gasteiger partial charge in [-0.05, 0) is 70.4 Å². The molecule has 37 heavy (non-hydrogen) atoms. The summed E-state index contributed by atoms with van der Waals surface area (Å²) in [5.74, 6) is 0.902. The summed E-state index contributed by atoms with van der Waals surface area (Å²) in [5, 5.41) is 16.9. The fraction of sp³-hybridized carbons (Fsp3) is 0.556. The molecule has 1 aromatic heterocycles. The minimum Gasteiger partial charge on any atom is -0.506 e. The van der Waals surface area contributed by atoms with E-state index in [1.165, 1.54) is 6.07 Å². The summed E-state index contributed by atoms with van der Waals surface area (Å²) in [5.41, 5.74) is 1.51. The van der Waals surface area contributed by atoms with Crippen molar-refractivity contribution in [1.82, 2.24) is 20.2 Å². The number of carbonyl (C=O) groups excluding carboxylic acids is 2. The number of nitrogens with one attached hydrogen (secondary N) is 2. The Morgan fingerprint density at radius 3 is 2.54 bits per heavy atom. The van der Waals surface area contributed by atoms with Crippen LogP contribution in [0.25, 0.3) is 0 Å². The van der Waals surface area contributed by atoms with Crippen LogP contribution in [-0.2, 0) is 4.79 Å². The van der Waals surface area contributed by atoms with Gasteiger partial charge in [0.15, 0.2) is 5.82 Å². The van der Waals surface area contributed by atoms with Crippen molar-refractivity contribution in [2.45, 2.75) is 70.0 Å². The van der Waals surface area contributed by atoms with Crippen LogP contribution in [0.1, 0.15) is 62.2 Å². The molecule has 2 amide bonds. The number of phenols is 1. The fourth-order valence-corrected chi connectivity index (χ4v) is 5.76. The van der Waals surface area contributed by atoms with Crippen LogP contribution < -0.4 is 20.4 Å². The second kappa shape index (κ2) is 10.5. The van der Waals surface area contributed by atoms with Crippen LogP contribution in [0.15, 0.2) is 24.4 Å². The number of hydrogen-bond acceptors (Lipinski definition) is 8. The number of hydrogen-bond donors (Lipinski definition) is 3. The summed E-state index contributed by atoms with van der Waals surface area (Å²) >= 11 is 0. The minimum atomic E-state index is -0.251. The summed E-state index contributed by atoms with van der Waals surface area (Å²) in [6.45, 7) is 3.95. The van der Waals surface area contributed by atoms with E-state index in [1.807, 2.05) is 6.92 Å². The van der Waals surface area contributed by atoms with Gasteiger partial charge < -0.3 is 30.4 Å². The van der Waals surface area contributed by atoms with Gasteiger partial charge >= 0.3 is 0 Å². The van der Waals surface area contributed by atoms with Crippen LogP contribution in [0.3, 0.4) is 0 Å². The van der Waals surface area contributed by atoms with Gasteiger partial charge in [0.25, 0.3) is 5.91 Å². The van der Waals surface area contributed by atoms with E-state index in [4.69, 9.17) is 4.98 Å². The number of phenolic OH excluding ortho intramolecular Hbond substituents is 1. The molecule has 2 aromatic rings. The van der Waals surface area contributed by atoms with Crippen molar-refractivity contribution in [3.8, 4) is 5.75 Å². The highest BCUT2D eigenvalue weighted by molar-refractivity contribution is 6.04. The predicted octanol–water partition coefficient (Wildman–Crippen LogP) is 3.25. The van der Waals surface area contributed by atoms with Crippen molar-refractivity contribution >= 4 is 35.0 Å². The van der Waals surface area contributed by atoms with Crippen LogP contribution in [0, 0.1) is 0 Å². The molecule has 1 atom stereocenters. The quantitative estimate of drug-likeness (QED) is 0.511. The van der Waals surface area contributed by atoms with Gasteiger partial charge in [0.05, 0.1) is 11.9 Å². The average molecular weight is 508 g/mol. The maximum Gasteiger partial charge on any atom is 0.251 e. The maximum atomic E-state index is 13.1. The van der Waals surface area contributed by atoms with Crippen LogP contribution in [-0.4, -0.2) is 77.1 Å². The zero-order chi connectivity index (χ0) is 26.1. The van der Waals surface area contributed by atoms with Crippen LogP contribution in [0.2, 0.25) is 0 Å². The lowest BCUT2D eigenvalue weighted by molar-refractivity contribution is -0.120. The Morgan fingerprint density at radius 1 is 1.14 bits per heavy atom. The molecule has 3 N–H and O–H groups in total. The molecular formula is C27H37N7O3. The Hall–Kier alpha value is -3.40. The second-order valence-corrected chi connectivity index (χ2v) is 10.5. The number of anilines is 4. The highest BCUT2D eigenvalue weighted by atomic mass is 16.3. The van der Waals surface area contributed by atoms with Crippen molar-refractivity contribution < 1.29 is 14.7 Å². The average Bonchev–Trinajstić information content (AvgIpc) is 3.43. The van der Waals surface area contributed by atoms with E-state index in [0.29, 0.717) is 29.3 Å². The number of aromatic hydroxyl groups is 1. The standard InChI is InChI=1S/C27H37N7O3/c1-4-21-26(37)33(3)22-16-28-27(31-24(22)34(21)19-7-5-6-8-19)30-20-10-9-17(15-23(20)35)25(36)29-18-11-13-32(2)14-12-18/h9-10,15-16,18-19,21,35H,4-8,11-14H2,1-3H3,(H,29,36)(H,28,30,31). The van der Waals surface area contributed by atoms with E-state index < -0.39 is 0 Å². The van der Waals surface area contributed by atoms with E-state index in [0.717, 1.165) is 57.4 Å². The summed E-state index contributed by atoms with van der Waals surface area (Å²) in [7, 11) is 3.85. The summed E-state index contributed by atoms with van der Waals surface area (Å²) < 4.78 is 0. The van der Waals surface area contributed by atoms with Crippen LogP contribution >= 0.6 is 0 Å². The molecule has 0 spiro atoms. The normalized spacial score (nSPS) is 21.3. The molecule has 1 unspecified atom stereocenters. The first-order valence-corrected chi connectivity index (χ1v) is 13.4. The van der Waals surface area contributed by atoms with Gasteiger partial charge in [-0.1, -0.05) is 19.8 Å². The molecule has 0 radical (unpaired) electrons. The first-order chi connectivity index (χ1) is 17.9. The van der Waals surface area contributed by atoms with E-state index >= 15 is 0 Å². The Bertz CT molecular complexity index is 1160. The number of nitrogens with zero attached hydrogens (tertiary/aromatic N) is 5. The number of rotatable bonds is 6. The molecular weight excluding hydrogens is 470 g/mol. The van der Waals surface area contributed by atoms with E-state index in [-0.39, 0.29) is 35.7 Å². The lowest BCUT2D eigenvalue weighted by atomic mass is 10.0. The molecule has 1 saturated carbocycles. The largest absolute Gasteiger partial charge is 0.506 e. The van der Waals surface area contributed by atoms with Crippen LogP contribution in [0.5, 0.6) is 5.75 Å². The third kappa shape index (κ3) is 5.07. The molecule has 3 aliphatic rings. The molecule has 3 heterocycles. The Balaban J connectivity index is 1.35. The second-order valence-electron chi connectivity index (χ2n) is 10.5. The number of fused-ring (bicyclic) bond motifs is 1. The Morgan fingerprint density at radius 2 is 1.86 bits per heavy atom. The molecule has 198 valence electrons. The van der Waals surface area contributed by atoms with E-state index in [1.54, 1.807) is 30.3 Å². The molecule has 0 bridgehead atoms. The third-order valence-electron chi connectivity index (χ3n) is 7.97. The number of amides is 2. The maximum absolute atomic E-state index is 13.1. The van der Waals surface area contributed by atoms with E-state index in [9.17, 15) is 14.7 Å². The van der Waals surface area contributed by atoms with Crippen molar-refractivity contribution in [2.24, 2.45) is 0 Å². The Kier molecular flexibility index (Phi) is 7.19. The molecule has 10 heteroatoms. The summed E-state index contributed by atoms with van der Waals surface area (Å²) in [6, 6.07) is 5.00. The summed E-state index contributed by atoms with van der Waals surface area (Å²) in [6.07, 6.45) is 8.59. The lowest BCUT2D eigenvalue weighted by Crippen LogP contribution is -2.55. The molecule has 1 saturated heterocycles. The van der Waals surface area contributed by atoms with Gasteiger partial charge in [0.1, 0.15) is 17.5 Å². The zero-order valence-electron chi connectivity index (χ0n) is 21.9. The minimum absolute atomic E-state index is 0.0521. The van der Waals surface area contributed by atoms with Gasteiger partial charge in [0.2, 0.25) is 11.9 Å². The number of likely N-dealkylation sites (N-methyl/N-ethyl adjacent to an activating group) is 1. The molecule has 1 aromatic carbocycles. The first kappa shape index (κ1) is 25.3. The number of aromatic nitrogens is 2. The third-order valence-corrected chi connectivity index (χ3v) is 7.97.